The largest absolute Gasteiger partial charge is 0.473 e. The summed E-state index contributed by atoms with van der Waals surface area (Å²) >= 11 is 0. The number of hydrogen-bond acceptors (Lipinski definition) is 3. The highest BCUT2D eigenvalue weighted by molar-refractivity contribution is 14.0. The fraction of sp³-hybridized carbons (Fsp3) is 0.333. The van der Waals surface area contributed by atoms with Crippen molar-refractivity contribution < 1.29 is 4.74 Å². The van der Waals surface area contributed by atoms with Gasteiger partial charge in [-0.2, -0.15) is 0 Å². The lowest BCUT2D eigenvalue weighted by Gasteiger charge is -2.22. The van der Waals surface area contributed by atoms with Crippen LogP contribution < -0.4 is 4.74 Å². The lowest BCUT2D eigenvalue weighted by atomic mass is 10.2. The maximum Gasteiger partial charge on any atom is 0.218 e. The molecule has 0 unspecified atom stereocenters. The molecule has 1 aromatic carbocycles. The van der Waals surface area contributed by atoms with Gasteiger partial charge in [0, 0.05) is 40.0 Å². The number of benzene rings is 1. The van der Waals surface area contributed by atoms with E-state index in [1.165, 1.54) is 0 Å². The lowest BCUT2D eigenvalue weighted by molar-refractivity contribution is 0.290. The van der Waals surface area contributed by atoms with Crippen molar-refractivity contribution in [3.63, 3.8) is 0 Å². The van der Waals surface area contributed by atoms with Crippen molar-refractivity contribution in [3.8, 4) is 5.88 Å². The fourth-order valence-corrected chi connectivity index (χ4v) is 2.24. The summed E-state index contributed by atoms with van der Waals surface area (Å²) in [6.07, 6.45) is 1.74. The lowest BCUT2D eigenvalue weighted by Crippen LogP contribution is -2.35. The van der Waals surface area contributed by atoms with Crippen molar-refractivity contribution >= 4 is 29.9 Å². The van der Waals surface area contributed by atoms with E-state index in [0.29, 0.717) is 19.0 Å². The summed E-state index contributed by atoms with van der Waals surface area (Å²) in [7, 11) is 7.92. The molecular weight excluding hydrogens is 415 g/mol. The number of pyridine rings is 1. The van der Waals surface area contributed by atoms with Crippen LogP contribution >= 0.6 is 24.0 Å². The third-order valence-corrected chi connectivity index (χ3v) is 3.26. The zero-order valence-corrected chi connectivity index (χ0v) is 17.0. The van der Waals surface area contributed by atoms with E-state index in [1.807, 2.05) is 80.5 Å². The van der Waals surface area contributed by atoms with Gasteiger partial charge in [-0.15, -0.1) is 24.0 Å². The van der Waals surface area contributed by atoms with E-state index in [2.05, 4.69) is 9.98 Å². The topological polar surface area (TPSA) is 41.0 Å². The van der Waals surface area contributed by atoms with Crippen LogP contribution in [0.4, 0.5) is 0 Å². The molecule has 0 aliphatic carbocycles. The zero-order valence-electron chi connectivity index (χ0n) is 14.6. The summed E-state index contributed by atoms with van der Waals surface area (Å²) in [5, 5.41) is 0. The van der Waals surface area contributed by atoms with E-state index >= 15 is 0 Å². The van der Waals surface area contributed by atoms with Gasteiger partial charge in [-0.3, -0.25) is 0 Å². The number of guanidine groups is 1. The second kappa shape index (κ2) is 10.1. The van der Waals surface area contributed by atoms with Crippen LogP contribution in [0.5, 0.6) is 5.88 Å². The molecule has 0 fully saturated rings. The number of rotatable bonds is 5. The van der Waals surface area contributed by atoms with E-state index < -0.39 is 0 Å². The van der Waals surface area contributed by atoms with Crippen LogP contribution in [-0.4, -0.2) is 48.9 Å². The van der Waals surface area contributed by atoms with Crippen molar-refractivity contribution in [2.45, 2.75) is 13.2 Å². The van der Waals surface area contributed by atoms with Crippen LogP contribution in [-0.2, 0) is 13.2 Å². The molecule has 2 aromatic rings. The molecule has 6 heteroatoms. The molecular formula is C18H25IN4O. The molecule has 0 amide bonds. The third-order valence-electron chi connectivity index (χ3n) is 3.26. The first-order valence-corrected chi connectivity index (χ1v) is 7.57. The number of nitrogens with zero attached hydrogens (tertiary/aromatic N) is 4. The van der Waals surface area contributed by atoms with Gasteiger partial charge in [-0.25, -0.2) is 9.98 Å². The predicted molar refractivity (Wildman–Crippen MR) is 109 cm³/mol. The van der Waals surface area contributed by atoms with Gasteiger partial charge in [-0.05, 0) is 11.6 Å². The van der Waals surface area contributed by atoms with Crippen molar-refractivity contribution in [3.05, 3.63) is 59.8 Å². The number of aromatic nitrogens is 1. The molecule has 0 saturated carbocycles. The van der Waals surface area contributed by atoms with Gasteiger partial charge in [0.15, 0.2) is 5.96 Å². The monoisotopic (exact) mass is 440 g/mol. The Labute approximate surface area is 161 Å². The Hall–Kier alpha value is -1.83. The van der Waals surface area contributed by atoms with Crippen LogP contribution in [0.1, 0.15) is 11.1 Å². The smallest absolute Gasteiger partial charge is 0.218 e. The second-order valence-electron chi connectivity index (χ2n) is 5.65. The number of ether oxygens (including phenoxy) is 1. The molecule has 0 aliphatic heterocycles. The highest BCUT2D eigenvalue weighted by Crippen LogP contribution is 2.17. The van der Waals surface area contributed by atoms with Crippen molar-refractivity contribution in [1.29, 1.82) is 0 Å². The van der Waals surface area contributed by atoms with Crippen LogP contribution in [0.2, 0.25) is 0 Å². The van der Waals surface area contributed by atoms with E-state index in [0.717, 1.165) is 17.1 Å². The first kappa shape index (κ1) is 20.2. The van der Waals surface area contributed by atoms with Gasteiger partial charge in [0.25, 0.3) is 0 Å². The average molecular weight is 440 g/mol. The van der Waals surface area contributed by atoms with Gasteiger partial charge < -0.3 is 14.5 Å². The van der Waals surface area contributed by atoms with Gasteiger partial charge in [0.05, 0.1) is 6.54 Å². The summed E-state index contributed by atoms with van der Waals surface area (Å²) < 4.78 is 5.87. The van der Waals surface area contributed by atoms with Crippen molar-refractivity contribution in [2.75, 3.05) is 28.2 Å². The molecule has 0 N–H and O–H groups in total. The third kappa shape index (κ3) is 5.99. The van der Waals surface area contributed by atoms with Gasteiger partial charge in [-0.1, -0.05) is 36.4 Å². The Balaban J connectivity index is 0.00000288. The zero-order chi connectivity index (χ0) is 16.7. The molecule has 0 spiro atoms. The van der Waals surface area contributed by atoms with E-state index in [1.54, 1.807) is 6.20 Å². The standard InChI is InChI=1S/C18H24N4O.HI/c1-21(2)18(22(3)4)20-13-16-11-8-12-19-17(16)23-14-15-9-6-5-7-10-15;/h5-12H,13-14H2,1-4H3;1H. The molecule has 2 rings (SSSR count). The molecule has 0 radical (unpaired) electrons. The quantitative estimate of drug-likeness (QED) is 0.407. The van der Waals surface area contributed by atoms with E-state index in [9.17, 15) is 0 Å². The maximum absolute atomic E-state index is 5.87. The Morgan fingerprint density at radius 1 is 1.00 bits per heavy atom. The average Bonchev–Trinajstić information content (AvgIpc) is 2.54. The minimum Gasteiger partial charge on any atom is -0.473 e. The number of hydrogen-bond donors (Lipinski definition) is 0. The first-order chi connectivity index (χ1) is 11.1. The van der Waals surface area contributed by atoms with E-state index in [-0.39, 0.29) is 24.0 Å². The number of aliphatic imine (C=N–C) groups is 1. The van der Waals surface area contributed by atoms with Gasteiger partial charge in [0.2, 0.25) is 5.88 Å². The summed E-state index contributed by atoms with van der Waals surface area (Å²) in [6.45, 7) is 1.03. The Morgan fingerprint density at radius 3 is 2.29 bits per heavy atom. The van der Waals surface area contributed by atoms with Crippen LogP contribution in [0.25, 0.3) is 0 Å². The van der Waals surface area contributed by atoms with Crippen molar-refractivity contribution in [2.24, 2.45) is 4.99 Å². The molecule has 0 atom stereocenters. The minimum atomic E-state index is 0. The predicted octanol–water partition coefficient (Wildman–Crippen LogP) is 3.26. The first-order valence-electron chi connectivity index (χ1n) is 7.57. The van der Waals surface area contributed by atoms with Crippen LogP contribution in [0, 0.1) is 0 Å². The molecule has 1 aromatic heterocycles. The van der Waals surface area contributed by atoms with Crippen LogP contribution in [0.3, 0.4) is 0 Å². The summed E-state index contributed by atoms with van der Waals surface area (Å²) in [5.74, 6) is 1.54. The SMILES string of the molecule is CN(C)C(=NCc1cccnc1OCc1ccccc1)N(C)C.I. The summed E-state index contributed by atoms with van der Waals surface area (Å²) in [6, 6.07) is 14.0. The highest BCUT2D eigenvalue weighted by atomic mass is 127. The number of halogens is 1. The van der Waals surface area contributed by atoms with Gasteiger partial charge in [0.1, 0.15) is 6.61 Å². The second-order valence-corrected chi connectivity index (χ2v) is 5.65. The Bertz CT molecular complexity index is 634. The molecule has 130 valence electrons. The molecule has 0 saturated heterocycles. The Morgan fingerprint density at radius 2 is 1.67 bits per heavy atom. The fourth-order valence-electron chi connectivity index (χ4n) is 2.24. The molecule has 1 heterocycles. The normalized spacial score (nSPS) is 9.67. The molecule has 0 bridgehead atoms. The highest BCUT2D eigenvalue weighted by Gasteiger charge is 2.08. The summed E-state index contributed by atoms with van der Waals surface area (Å²) in [4.78, 5) is 13.0. The van der Waals surface area contributed by atoms with E-state index in [4.69, 9.17) is 4.74 Å². The van der Waals surface area contributed by atoms with Crippen LogP contribution in [0.15, 0.2) is 53.7 Å². The van der Waals surface area contributed by atoms with Gasteiger partial charge >= 0.3 is 0 Å². The molecule has 24 heavy (non-hydrogen) atoms. The summed E-state index contributed by atoms with van der Waals surface area (Å²) in [5.41, 5.74) is 2.10. The van der Waals surface area contributed by atoms with Crippen molar-refractivity contribution in [1.82, 2.24) is 14.8 Å². The Kier molecular flexibility index (Phi) is 8.53. The maximum atomic E-state index is 5.87. The molecule has 0 aliphatic rings. The molecule has 5 nitrogen and oxygen atoms in total. The minimum absolute atomic E-state index is 0.